The lowest BCUT2D eigenvalue weighted by Crippen LogP contribution is -2.55. The summed E-state index contributed by atoms with van der Waals surface area (Å²) in [6.45, 7) is 8.99. The maximum atomic E-state index is 9.95. The molecule has 1 aromatic carbocycles. The predicted molar refractivity (Wildman–Crippen MR) is 92.1 cm³/mol. The first-order chi connectivity index (χ1) is 9.97. The minimum Gasteiger partial charge on any atom is -0.394 e. The van der Waals surface area contributed by atoms with Crippen molar-refractivity contribution in [3.8, 4) is 0 Å². The molecule has 1 atom stereocenters. The smallest absolute Gasteiger partial charge is 0.0624 e. The molecule has 118 valence electrons. The van der Waals surface area contributed by atoms with E-state index in [9.17, 15) is 5.11 Å². The van der Waals surface area contributed by atoms with Gasteiger partial charge in [-0.2, -0.15) is 0 Å². The summed E-state index contributed by atoms with van der Waals surface area (Å²) in [7, 11) is 0. The fraction of sp³-hybridized carbons (Fsp3) is 0.667. The van der Waals surface area contributed by atoms with E-state index in [0.29, 0.717) is 17.9 Å². The van der Waals surface area contributed by atoms with Gasteiger partial charge >= 0.3 is 0 Å². The van der Waals surface area contributed by atoms with Crippen molar-refractivity contribution >= 4 is 11.8 Å². The van der Waals surface area contributed by atoms with E-state index >= 15 is 0 Å². The molecule has 0 amide bonds. The van der Waals surface area contributed by atoms with Crippen LogP contribution in [-0.4, -0.2) is 29.0 Å². The van der Waals surface area contributed by atoms with Gasteiger partial charge in [0.1, 0.15) is 0 Å². The van der Waals surface area contributed by atoms with E-state index in [1.165, 1.54) is 23.3 Å². The van der Waals surface area contributed by atoms with Crippen LogP contribution in [0, 0.1) is 5.92 Å². The van der Waals surface area contributed by atoms with Crippen LogP contribution in [-0.2, 0) is 0 Å². The molecular formula is C18H29NOS. The van der Waals surface area contributed by atoms with Gasteiger partial charge in [0.05, 0.1) is 12.1 Å². The Bertz CT molecular complexity index is 439. The fourth-order valence-corrected chi connectivity index (χ4v) is 4.03. The van der Waals surface area contributed by atoms with E-state index in [1.807, 2.05) is 11.8 Å². The van der Waals surface area contributed by atoms with Crippen LogP contribution >= 0.6 is 11.8 Å². The van der Waals surface area contributed by atoms with Gasteiger partial charge in [-0.3, -0.25) is 0 Å². The number of hydrogen-bond donors (Lipinski definition) is 2. The Morgan fingerprint density at radius 3 is 2.24 bits per heavy atom. The monoisotopic (exact) mass is 307 g/mol. The molecule has 1 aromatic rings. The standard InChI is InChI=1S/C18H29NOS/c1-13(2)15-5-9-17(10-6-15)21-12-18(11-20,16-7-8-16)19-14(3)4/h5-6,9-10,13-14,16,19-20H,7-8,11-12H2,1-4H3. The van der Waals surface area contributed by atoms with Crippen molar-refractivity contribution in [1.82, 2.24) is 5.32 Å². The highest BCUT2D eigenvalue weighted by Gasteiger charge is 2.44. The lowest BCUT2D eigenvalue weighted by Gasteiger charge is -2.35. The second-order valence-electron chi connectivity index (χ2n) is 6.90. The number of nitrogens with one attached hydrogen (secondary N) is 1. The molecule has 3 heteroatoms. The first-order valence-electron chi connectivity index (χ1n) is 8.08. The molecule has 0 saturated heterocycles. The zero-order valence-corrected chi connectivity index (χ0v) is 14.5. The molecule has 21 heavy (non-hydrogen) atoms. The van der Waals surface area contributed by atoms with Gasteiger partial charge in [0, 0.05) is 16.7 Å². The Hall–Kier alpha value is -0.510. The highest BCUT2D eigenvalue weighted by atomic mass is 32.2. The Kier molecular flexibility index (Phi) is 5.75. The van der Waals surface area contributed by atoms with Crippen LogP contribution in [0.3, 0.4) is 0 Å². The molecular weight excluding hydrogens is 278 g/mol. The molecule has 1 aliphatic carbocycles. The zero-order valence-electron chi connectivity index (χ0n) is 13.7. The third kappa shape index (κ3) is 4.48. The van der Waals surface area contributed by atoms with Gasteiger partial charge in [0.15, 0.2) is 0 Å². The molecule has 1 aliphatic rings. The zero-order chi connectivity index (χ0) is 15.5. The minimum absolute atomic E-state index is 0.116. The third-order valence-electron chi connectivity index (χ3n) is 4.26. The summed E-state index contributed by atoms with van der Waals surface area (Å²) in [4.78, 5) is 1.29. The number of rotatable bonds is 8. The summed E-state index contributed by atoms with van der Waals surface area (Å²) in [6, 6.07) is 9.28. The van der Waals surface area contributed by atoms with Gasteiger partial charge in [-0.1, -0.05) is 39.8 Å². The van der Waals surface area contributed by atoms with Crippen LogP contribution in [0.25, 0.3) is 0 Å². The SMILES string of the molecule is CC(C)NC(CO)(CSc1ccc(C(C)C)cc1)C1CC1. The van der Waals surface area contributed by atoms with E-state index < -0.39 is 0 Å². The van der Waals surface area contributed by atoms with Gasteiger partial charge in [-0.05, 0) is 42.4 Å². The van der Waals surface area contributed by atoms with Gasteiger partial charge in [-0.15, -0.1) is 11.8 Å². The van der Waals surface area contributed by atoms with Gasteiger partial charge < -0.3 is 10.4 Å². The van der Waals surface area contributed by atoms with E-state index in [0.717, 1.165) is 5.75 Å². The highest BCUT2D eigenvalue weighted by molar-refractivity contribution is 7.99. The maximum absolute atomic E-state index is 9.95. The van der Waals surface area contributed by atoms with Crippen molar-refractivity contribution < 1.29 is 5.11 Å². The fourth-order valence-electron chi connectivity index (χ4n) is 2.87. The Morgan fingerprint density at radius 1 is 1.19 bits per heavy atom. The summed E-state index contributed by atoms with van der Waals surface area (Å²) in [5.74, 6) is 2.15. The van der Waals surface area contributed by atoms with Crippen molar-refractivity contribution in [2.24, 2.45) is 5.92 Å². The van der Waals surface area contributed by atoms with Crippen molar-refractivity contribution in [1.29, 1.82) is 0 Å². The molecule has 2 rings (SSSR count). The molecule has 0 bridgehead atoms. The van der Waals surface area contributed by atoms with Crippen LogP contribution in [0.4, 0.5) is 0 Å². The van der Waals surface area contributed by atoms with Crippen LogP contribution in [0.15, 0.2) is 29.2 Å². The summed E-state index contributed by atoms with van der Waals surface area (Å²) in [6.07, 6.45) is 2.49. The topological polar surface area (TPSA) is 32.3 Å². The number of thioether (sulfide) groups is 1. The average molecular weight is 308 g/mol. The van der Waals surface area contributed by atoms with Crippen molar-refractivity contribution in [2.45, 2.75) is 62.9 Å². The molecule has 1 unspecified atom stereocenters. The largest absolute Gasteiger partial charge is 0.394 e. The van der Waals surface area contributed by atoms with E-state index in [1.54, 1.807) is 0 Å². The second-order valence-corrected chi connectivity index (χ2v) is 7.95. The molecule has 0 heterocycles. The number of aliphatic hydroxyl groups excluding tert-OH is 1. The average Bonchev–Trinajstić information content (AvgIpc) is 3.28. The molecule has 2 N–H and O–H groups in total. The molecule has 2 nitrogen and oxygen atoms in total. The molecule has 0 aromatic heterocycles. The van der Waals surface area contributed by atoms with Gasteiger partial charge in [0.2, 0.25) is 0 Å². The van der Waals surface area contributed by atoms with Crippen LogP contribution in [0.5, 0.6) is 0 Å². The third-order valence-corrected chi connectivity index (χ3v) is 5.53. The molecule has 1 saturated carbocycles. The molecule has 0 spiro atoms. The number of aliphatic hydroxyl groups is 1. The van der Waals surface area contributed by atoms with Crippen molar-refractivity contribution in [2.75, 3.05) is 12.4 Å². The first kappa shape index (κ1) is 16.9. The normalized spacial score (nSPS) is 18.2. The van der Waals surface area contributed by atoms with Gasteiger partial charge in [0.25, 0.3) is 0 Å². The number of benzene rings is 1. The van der Waals surface area contributed by atoms with Crippen molar-refractivity contribution in [3.05, 3.63) is 29.8 Å². The van der Waals surface area contributed by atoms with E-state index in [-0.39, 0.29) is 12.1 Å². The Balaban J connectivity index is 2.01. The van der Waals surface area contributed by atoms with Crippen LogP contribution in [0.2, 0.25) is 0 Å². The van der Waals surface area contributed by atoms with E-state index in [2.05, 4.69) is 57.3 Å². The number of hydrogen-bond acceptors (Lipinski definition) is 3. The molecule has 0 radical (unpaired) electrons. The lowest BCUT2D eigenvalue weighted by atomic mass is 9.95. The first-order valence-corrected chi connectivity index (χ1v) is 9.07. The minimum atomic E-state index is -0.116. The highest BCUT2D eigenvalue weighted by Crippen LogP contribution is 2.42. The summed E-state index contributed by atoms with van der Waals surface area (Å²) in [5, 5.41) is 13.6. The van der Waals surface area contributed by atoms with E-state index in [4.69, 9.17) is 0 Å². The second kappa shape index (κ2) is 7.17. The molecule has 1 fully saturated rings. The molecule has 0 aliphatic heterocycles. The Morgan fingerprint density at radius 2 is 1.81 bits per heavy atom. The maximum Gasteiger partial charge on any atom is 0.0624 e. The summed E-state index contributed by atoms with van der Waals surface area (Å²) >= 11 is 1.86. The Labute approximate surface area is 133 Å². The lowest BCUT2D eigenvalue weighted by molar-refractivity contribution is 0.150. The summed E-state index contributed by atoms with van der Waals surface area (Å²) in [5.41, 5.74) is 1.27. The van der Waals surface area contributed by atoms with Crippen LogP contribution < -0.4 is 5.32 Å². The van der Waals surface area contributed by atoms with Crippen molar-refractivity contribution in [3.63, 3.8) is 0 Å². The predicted octanol–water partition coefficient (Wildman–Crippen LogP) is 4.04. The summed E-state index contributed by atoms with van der Waals surface area (Å²) < 4.78 is 0. The van der Waals surface area contributed by atoms with Gasteiger partial charge in [-0.25, -0.2) is 0 Å². The quantitative estimate of drug-likeness (QED) is 0.711. The van der Waals surface area contributed by atoms with Crippen LogP contribution in [0.1, 0.15) is 52.0 Å².